The van der Waals surface area contributed by atoms with Crippen molar-refractivity contribution in [1.29, 1.82) is 0 Å². The molecule has 2 amide bonds. The Hall–Kier alpha value is -1.88. The van der Waals surface area contributed by atoms with E-state index < -0.39 is 0 Å². The van der Waals surface area contributed by atoms with Crippen molar-refractivity contribution in [1.82, 2.24) is 4.90 Å². The van der Waals surface area contributed by atoms with Crippen molar-refractivity contribution in [2.24, 2.45) is 5.73 Å². The lowest BCUT2D eigenvalue weighted by atomic mass is 10.00. The molecule has 0 spiro atoms. The van der Waals surface area contributed by atoms with Crippen LogP contribution in [-0.2, 0) is 9.59 Å². The molecule has 0 aliphatic rings. The summed E-state index contributed by atoms with van der Waals surface area (Å²) in [6, 6.07) is 9.16. The number of hydrogen-bond acceptors (Lipinski definition) is 3. The van der Waals surface area contributed by atoms with Gasteiger partial charge in [0.2, 0.25) is 11.8 Å². The highest BCUT2D eigenvalue weighted by Gasteiger charge is 2.17. The van der Waals surface area contributed by atoms with Gasteiger partial charge >= 0.3 is 0 Å². The van der Waals surface area contributed by atoms with E-state index in [0.29, 0.717) is 12.8 Å². The molecule has 1 aromatic rings. The molecule has 0 heterocycles. The number of nitrogens with one attached hydrogen (secondary N) is 1. The molecule has 0 bridgehead atoms. The highest BCUT2D eigenvalue weighted by Crippen LogP contribution is 2.09. The first-order valence-corrected chi connectivity index (χ1v) is 6.66. The largest absolute Gasteiger partial charge is 0.336 e. The maximum atomic E-state index is 11.9. The topological polar surface area (TPSA) is 75.4 Å². The van der Waals surface area contributed by atoms with Gasteiger partial charge in [-0.15, -0.1) is 0 Å². The lowest BCUT2D eigenvalue weighted by Gasteiger charge is -2.21. The van der Waals surface area contributed by atoms with Gasteiger partial charge in [-0.3, -0.25) is 9.59 Å². The fourth-order valence-corrected chi connectivity index (χ4v) is 1.65. The molecular formula is C15H23N3O2. The Labute approximate surface area is 120 Å². The predicted molar refractivity (Wildman–Crippen MR) is 80.2 cm³/mol. The normalized spacial score (nSPS) is 11.0. The fraction of sp³-hybridized carbons (Fsp3) is 0.467. The Balaban J connectivity index is 2.39. The number of para-hydroxylation sites is 1. The Morgan fingerprint density at radius 1 is 1.25 bits per heavy atom. The van der Waals surface area contributed by atoms with E-state index in [9.17, 15) is 9.59 Å². The third kappa shape index (κ3) is 6.33. The van der Waals surface area contributed by atoms with Gasteiger partial charge in [-0.25, -0.2) is 0 Å². The van der Waals surface area contributed by atoms with E-state index in [2.05, 4.69) is 5.32 Å². The highest BCUT2D eigenvalue weighted by molar-refractivity contribution is 5.94. The quantitative estimate of drug-likeness (QED) is 0.829. The second-order valence-electron chi connectivity index (χ2n) is 5.65. The minimum absolute atomic E-state index is 0.0404. The van der Waals surface area contributed by atoms with Crippen molar-refractivity contribution in [3.05, 3.63) is 30.3 Å². The van der Waals surface area contributed by atoms with E-state index in [1.54, 1.807) is 19.2 Å². The van der Waals surface area contributed by atoms with Gasteiger partial charge < -0.3 is 16.0 Å². The molecule has 5 nitrogen and oxygen atoms in total. The summed E-state index contributed by atoms with van der Waals surface area (Å²) in [5.41, 5.74) is 6.19. The minimum Gasteiger partial charge on any atom is -0.336 e. The van der Waals surface area contributed by atoms with Crippen LogP contribution in [0.25, 0.3) is 0 Å². The van der Waals surface area contributed by atoms with Gasteiger partial charge in [0.25, 0.3) is 0 Å². The molecule has 3 N–H and O–H groups in total. The summed E-state index contributed by atoms with van der Waals surface area (Å²) in [5.74, 6) is -0.286. The van der Waals surface area contributed by atoms with Gasteiger partial charge in [0.1, 0.15) is 0 Å². The summed E-state index contributed by atoms with van der Waals surface area (Å²) in [4.78, 5) is 25.1. The molecule has 110 valence electrons. The fourth-order valence-electron chi connectivity index (χ4n) is 1.65. The first kappa shape index (κ1) is 16.2. The van der Waals surface area contributed by atoms with Crippen LogP contribution < -0.4 is 11.1 Å². The van der Waals surface area contributed by atoms with Crippen molar-refractivity contribution < 1.29 is 9.59 Å². The standard InChI is InChI=1S/C15H23N3O2/c1-15(2,16)10-9-14(20)18(3)11-13(19)17-12-7-5-4-6-8-12/h4-8H,9-11,16H2,1-3H3,(H,17,19). The molecule has 1 aromatic carbocycles. The lowest BCUT2D eigenvalue weighted by molar-refractivity contribution is -0.133. The Kier molecular flexibility index (Phi) is 5.70. The molecule has 0 unspecified atom stereocenters. The van der Waals surface area contributed by atoms with Crippen LogP contribution in [0.5, 0.6) is 0 Å². The van der Waals surface area contributed by atoms with Gasteiger partial charge in [0, 0.05) is 24.7 Å². The van der Waals surface area contributed by atoms with Gasteiger partial charge in [-0.2, -0.15) is 0 Å². The zero-order valence-corrected chi connectivity index (χ0v) is 12.3. The zero-order chi connectivity index (χ0) is 15.2. The number of carbonyl (C=O) groups excluding carboxylic acids is 2. The zero-order valence-electron chi connectivity index (χ0n) is 12.3. The van der Waals surface area contributed by atoms with Crippen molar-refractivity contribution in [2.45, 2.75) is 32.2 Å². The summed E-state index contributed by atoms with van der Waals surface area (Å²) in [7, 11) is 1.62. The number of carbonyl (C=O) groups is 2. The van der Waals surface area contributed by atoms with Crippen molar-refractivity contribution >= 4 is 17.5 Å². The minimum atomic E-state index is -0.372. The second-order valence-corrected chi connectivity index (χ2v) is 5.65. The van der Waals surface area contributed by atoms with E-state index in [0.717, 1.165) is 5.69 Å². The summed E-state index contributed by atoms with van der Waals surface area (Å²) < 4.78 is 0. The van der Waals surface area contributed by atoms with Gasteiger partial charge in [0.15, 0.2) is 0 Å². The van der Waals surface area contributed by atoms with Crippen LogP contribution in [0.4, 0.5) is 5.69 Å². The Morgan fingerprint density at radius 2 is 1.85 bits per heavy atom. The summed E-state index contributed by atoms with van der Waals surface area (Å²) in [6.45, 7) is 3.80. The molecule has 0 aromatic heterocycles. The molecule has 0 saturated carbocycles. The number of nitrogens with zero attached hydrogens (tertiary/aromatic N) is 1. The first-order valence-electron chi connectivity index (χ1n) is 6.66. The molecule has 0 aliphatic carbocycles. The highest BCUT2D eigenvalue weighted by atomic mass is 16.2. The SMILES string of the molecule is CN(CC(=O)Nc1ccccc1)C(=O)CCC(C)(C)N. The second kappa shape index (κ2) is 7.05. The van der Waals surface area contributed by atoms with E-state index in [-0.39, 0.29) is 23.9 Å². The summed E-state index contributed by atoms with van der Waals surface area (Å²) in [6.07, 6.45) is 0.940. The van der Waals surface area contributed by atoms with Crippen LogP contribution >= 0.6 is 0 Å². The first-order chi connectivity index (χ1) is 9.28. The number of anilines is 1. The average Bonchev–Trinajstić information content (AvgIpc) is 2.36. The number of amides is 2. The number of rotatable bonds is 6. The molecule has 0 fully saturated rings. The van der Waals surface area contributed by atoms with Crippen LogP contribution in [0, 0.1) is 0 Å². The molecule has 1 rings (SSSR count). The predicted octanol–water partition coefficient (Wildman–Crippen LogP) is 1.60. The van der Waals surface area contributed by atoms with E-state index in [1.807, 2.05) is 32.0 Å². The number of benzene rings is 1. The Bertz CT molecular complexity index is 452. The van der Waals surface area contributed by atoms with Gasteiger partial charge in [-0.05, 0) is 32.4 Å². The molecule has 5 heteroatoms. The smallest absolute Gasteiger partial charge is 0.243 e. The third-order valence-corrected chi connectivity index (χ3v) is 2.85. The van der Waals surface area contributed by atoms with Crippen molar-refractivity contribution in [3.63, 3.8) is 0 Å². The van der Waals surface area contributed by atoms with Crippen molar-refractivity contribution in [3.8, 4) is 0 Å². The summed E-state index contributed by atoms with van der Waals surface area (Å²) >= 11 is 0. The molecular weight excluding hydrogens is 254 g/mol. The van der Waals surface area contributed by atoms with Crippen LogP contribution in [0.1, 0.15) is 26.7 Å². The molecule has 0 aliphatic heterocycles. The van der Waals surface area contributed by atoms with Crippen molar-refractivity contribution in [2.75, 3.05) is 18.9 Å². The van der Waals surface area contributed by atoms with Gasteiger partial charge in [-0.1, -0.05) is 18.2 Å². The van der Waals surface area contributed by atoms with E-state index in [4.69, 9.17) is 5.73 Å². The van der Waals surface area contributed by atoms with Gasteiger partial charge in [0.05, 0.1) is 6.54 Å². The molecule has 20 heavy (non-hydrogen) atoms. The van der Waals surface area contributed by atoms with Crippen LogP contribution in [0.2, 0.25) is 0 Å². The van der Waals surface area contributed by atoms with E-state index >= 15 is 0 Å². The monoisotopic (exact) mass is 277 g/mol. The number of likely N-dealkylation sites (N-methyl/N-ethyl adjacent to an activating group) is 1. The van der Waals surface area contributed by atoms with Crippen LogP contribution in [0.15, 0.2) is 30.3 Å². The number of hydrogen-bond donors (Lipinski definition) is 2. The molecule has 0 atom stereocenters. The Morgan fingerprint density at radius 3 is 2.40 bits per heavy atom. The maximum absolute atomic E-state index is 11.9. The van der Waals surface area contributed by atoms with Crippen LogP contribution in [-0.4, -0.2) is 35.8 Å². The number of nitrogens with two attached hydrogens (primary N) is 1. The molecule has 0 saturated heterocycles. The maximum Gasteiger partial charge on any atom is 0.243 e. The van der Waals surface area contributed by atoms with E-state index in [1.165, 1.54) is 4.90 Å². The van der Waals surface area contributed by atoms with Crippen LogP contribution in [0.3, 0.4) is 0 Å². The lowest BCUT2D eigenvalue weighted by Crippen LogP contribution is -2.37. The third-order valence-electron chi connectivity index (χ3n) is 2.85. The summed E-state index contributed by atoms with van der Waals surface area (Å²) in [5, 5.41) is 2.74. The molecule has 0 radical (unpaired) electrons. The average molecular weight is 277 g/mol.